The molecule has 0 saturated carbocycles. The average Bonchev–Trinajstić information content (AvgIpc) is 2.48. The topological polar surface area (TPSA) is 44.8 Å². The van der Waals surface area contributed by atoms with Gasteiger partial charge in [-0.1, -0.05) is 20.8 Å². The first kappa shape index (κ1) is 28.5. The number of phosphoric ester groups is 1. The van der Waals surface area contributed by atoms with Gasteiger partial charge in [-0.3, -0.25) is 13.6 Å². The molecule has 0 N–H and O–H groups in total. The molecule has 0 radical (unpaired) electrons. The van der Waals surface area contributed by atoms with Gasteiger partial charge in [-0.15, -0.1) is 0 Å². The molecule has 0 heterocycles. The molecule has 3 atom stereocenters. The van der Waals surface area contributed by atoms with Crippen LogP contribution in [0.25, 0.3) is 0 Å². The summed E-state index contributed by atoms with van der Waals surface area (Å²) < 4.78 is 141. The van der Waals surface area contributed by atoms with Crippen LogP contribution in [0.4, 0.5) is 39.5 Å². The van der Waals surface area contributed by atoms with Gasteiger partial charge in [-0.2, -0.15) is 39.5 Å². The molecule has 0 spiro atoms. The summed E-state index contributed by atoms with van der Waals surface area (Å²) in [4.78, 5) is 0. The summed E-state index contributed by atoms with van der Waals surface area (Å²) in [5, 5.41) is 0. The molecule has 0 fully saturated rings. The maximum absolute atomic E-state index is 12.8. The molecule has 14 heteroatoms. The molecule has 0 amide bonds. The summed E-state index contributed by atoms with van der Waals surface area (Å²) in [6.07, 6.45) is -25.9. The lowest BCUT2D eigenvalue weighted by atomic mass is 10.2. The minimum Gasteiger partial charge on any atom is -0.283 e. The highest BCUT2D eigenvalue weighted by atomic mass is 31.2. The lowest BCUT2D eigenvalue weighted by molar-refractivity contribution is -0.162. The van der Waals surface area contributed by atoms with E-state index in [4.69, 9.17) is 13.6 Å². The zero-order chi connectivity index (χ0) is 23.1. The van der Waals surface area contributed by atoms with Crippen LogP contribution in [0.15, 0.2) is 0 Å². The molecular weight excluding hydrogens is 446 g/mol. The number of hydrogen-bond acceptors (Lipinski definition) is 4. The second kappa shape index (κ2) is 11.2. The van der Waals surface area contributed by atoms with Crippen LogP contribution in [0.3, 0.4) is 0 Å². The Hall–Kier alpha value is -0.520. The summed E-state index contributed by atoms with van der Waals surface area (Å²) >= 11 is 0. The minimum absolute atomic E-state index is 0.387. The van der Waals surface area contributed by atoms with Crippen LogP contribution in [-0.2, 0) is 18.1 Å². The van der Waals surface area contributed by atoms with Crippen molar-refractivity contribution in [3.63, 3.8) is 0 Å². The molecule has 0 bridgehead atoms. The Morgan fingerprint density at radius 2 is 0.793 bits per heavy atom. The molecule has 29 heavy (non-hydrogen) atoms. The Morgan fingerprint density at radius 1 is 0.586 bits per heavy atom. The van der Waals surface area contributed by atoms with E-state index < -0.39 is 63.9 Å². The van der Waals surface area contributed by atoms with E-state index in [1.165, 1.54) is 20.8 Å². The molecule has 0 aromatic rings. The van der Waals surface area contributed by atoms with E-state index >= 15 is 0 Å². The van der Waals surface area contributed by atoms with Crippen molar-refractivity contribution >= 4 is 7.82 Å². The molecular formula is C15H24F9O4P. The van der Waals surface area contributed by atoms with E-state index in [1.54, 1.807) is 0 Å². The quantitative estimate of drug-likeness (QED) is 0.221. The molecule has 0 aliphatic carbocycles. The first-order valence-electron chi connectivity index (χ1n) is 8.77. The van der Waals surface area contributed by atoms with E-state index in [0.717, 1.165) is 0 Å². The second-order valence-electron chi connectivity index (χ2n) is 6.31. The summed E-state index contributed by atoms with van der Waals surface area (Å²) in [7, 11) is -5.20. The van der Waals surface area contributed by atoms with Crippen LogP contribution in [0.5, 0.6) is 0 Å². The van der Waals surface area contributed by atoms with Crippen LogP contribution >= 0.6 is 7.82 Å². The zero-order valence-electron chi connectivity index (χ0n) is 16.0. The highest BCUT2D eigenvalue weighted by molar-refractivity contribution is 7.48. The van der Waals surface area contributed by atoms with Crippen molar-refractivity contribution in [2.75, 3.05) is 0 Å². The monoisotopic (exact) mass is 470 g/mol. The Morgan fingerprint density at radius 3 is 0.931 bits per heavy atom. The van der Waals surface area contributed by atoms with Crippen molar-refractivity contribution in [3.05, 3.63) is 0 Å². The SMILES string of the molecule is CCC(CC(F)(F)F)OP(=O)(OC(CC)CC(F)(F)F)OC(CC)CC(F)(F)F. The molecule has 0 rings (SSSR count). The van der Waals surface area contributed by atoms with Crippen LogP contribution in [0.2, 0.25) is 0 Å². The highest BCUT2D eigenvalue weighted by Gasteiger charge is 2.44. The van der Waals surface area contributed by atoms with Gasteiger partial charge in [0.1, 0.15) is 0 Å². The van der Waals surface area contributed by atoms with Crippen molar-refractivity contribution in [2.45, 2.75) is 96.1 Å². The molecule has 3 unspecified atom stereocenters. The predicted molar refractivity (Wildman–Crippen MR) is 85.1 cm³/mol. The average molecular weight is 470 g/mol. The van der Waals surface area contributed by atoms with Gasteiger partial charge in [0.25, 0.3) is 0 Å². The van der Waals surface area contributed by atoms with Gasteiger partial charge < -0.3 is 0 Å². The summed E-state index contributed by atoms with van der Waals surface area (Å²) in [5.41, 5.74) is 0. The number of phosphoric acid groups is 1. The first-order chi connectivity index (χ1) is 12.9. The van der Waals surface area contributed by atoms with Crippen LogP contribution in [0, 0.1) is 0 Å². The lowest BCUT2D eigenvalue weighted by Gasteiger charge is -2.30. The Balaban J connectivity index is 5.66. The summed E-state index contributed by atoms with van der Waals surface area (Å²) in [6.45, 7) is 3.63. The van der Waals surface area contributed by atoms with Crippen molar-refractivity contribution in [1.29, 1.82) is 0 Å². The summed E-state index contributed by atoms with van der Waals surface area (Å²) in [6, 6.07) is 0. The fraction of sp³-hybridized carbons (Fsp3) is 1.00. The van der Waals surface area contributed by atoms with Crippen molar-refractivity contribution < 1.29 is 57.7 Å². The van der Waals surface area contributed by atoms with Crippen molar-refractivity contribution in [1.82, 2.24) is 0 Å². The molecule has 176 valence electrons. The number of halogens is 9. The maximum atomic E-state index is 12.8. The van der Waals surface area contributed by atoms with Gasteiger partial charge in [0.2, 0.25) is 0 Å². The van der Waals surface area contributed by atoms with Crippen molar-refractivity contribution in [2.24, 2.45) is 0 Å². The molecule has 0 saturated heterocycles. The molecule has 0 aromatic heterocycles. The lowest BCUT2D eigenvalue weighted by Crippen LogP contribution is -2.28. The Kier molecular flexibility index (Phi) is 11.0. The van der Waals surface area contributed by atoms with Gasteiger partial charge in [0.15, 0.2) is 0 Å². The second-order valence-corrected chi connectivity index (χ2v) is 7.84. The third kappa shape index (κ3) is 14.2. The zero-order valence-corrected chi connectivity index (χ0v) is 16.9. The normalized spacial score (nSPS) is 18.9. The molecule has 4 nitrogen and oxygen atoms in total. The molecule has 0 aliphatic heterocycles. The predicted octanol–water partition coefficient (Wildman–Crippen LogP) is 7.34. The van der Waals surface area contributed by atoms with E-state index in [-0.39, 0.29) is 19.3 Å². The van der Waals surface area contributed by atoms with E-state index in [0.29, 0.717) is 0 Å². The first-order valence-corrected chi connectivity index (χ1v) is 10.2. The summed E-state index contributed by atoms with van der Waals surface area (Å²) in [5.74, 6) is 0. The number of rotatable bonds is 12. The number of alkyl halides is 9. The van der Waals surface area contributed by atoms with Gasteiger partial charge in [0.05, 0.1) is 37.6 Å². The van der Waals surface area contributed by atoms with Gasteiger partial charge in [0, 0.05) is 0 Å². The minimum atomic E-state index is -5.20. The number of hydrogen-bond donors (Lipinski definition) is 0. The van der Waals surface area contributed by atoms with E-state index in [1.807, 2.05) is 0 Å². The third-order valence-corrected chi connectivity index (χ3v) is 5.25. The van der Waals surface area contributed by atoms with Gasteiger partial charge in [-0.05, 0) is 19.3 Å². The maximum Gasteiger partial charge on any atom is 0.475 e. The van der Waals surface area contributed by atoms with Crippen LogP contribution in [0.1, 0.15) is 59.3 Å². The Bertz CT molecular complexity index is 448. The van der Waals surface area contributed by atoms with Gasteiger partial charge >= 0.3 is 26.4 Å². The van der Waals surface area contributed by atoms with E-state index in [2.05, 4.69) is 0 Å². The van der Waals surface area contributed by atoms with Crippen LogP contribution < -0.4 is 0 Å². The Labute approximate surface area is 162 Å². The standard InChI is InChI=1S/C15H24F9O4P/c1-4-10(7-13(16,17)18)26-29(25,27-11(5-2)8-14(19,20)21)28-12(6-3)9-15(22,23)24/h10-12H,4-9H2,1-3H3. The smallest absolute Gasteiger partial charge is 0.283 e. The van der Waals surface area contributed by atoms with Crippen molar-refractivity contribution in [3.8, 4) is 0 Å². The van der Waals surface area contributed by atoms with Gasteiger partial charge in [-0.25, -0.2) is 4.57 Å². The fourth-order valence-electron chi connectivity index (χ4n) is 2.17. The highest BCUT2D eigenvalue weighted by Crippen LogP contribution is 2.56. The molecule has 0 aromatic carbocycles. The largest absolute Gasteiger partial charge is 0.475 e. The van der Waals surface area contributed by atoms with E-state index in [9.17, 15) is 44.1 Å². The van der Waals surface area contributed by atoms with Crippen LogP contribution in [-0.4, -0.2) is 36.8 Å². The fourth-order valence-corrected chi connectivity index (χ4v) is 4.08. The molecule has 0 aliphatic rings. The third-order valence-electron chi connectivity index (χ3n) is 3.58.